The van der Waals surface area contributed by atoms with Crippen molar-refractivity contribution in [2.24, 2.45) is 0 Å². The molecule has 0 spiro atoms. The van der Waals surface area contributed by atoms with Gasteiger partial charge in [-0.3, -0.25) is 0 Å². The van der Waals surface area contributed by atoms with Gasteiger partial charge in [-0.05, 0) is 19.8 Å². The number of nitrogens with zero attached hydrogens (tertiary/aromatic N) is 1. The van der Waals surface area contributed by atoms with Crippen LogP contribution in [-0.4, -0.2) is 17.6 Å². The Morgan fingerprint density at radius 2 is 1.83 bits per heavy atom. The molecule has 0 bridgehead atoms. The van der Waals surface area contributed by atoms with Crippen molar-refractivity contribution in [3.05, 3.63) is 17.7 Å². The number of pyridine rings is 1. The number of halogens is 2. The van der Waals surface area contributed by atoms with Gasteiger partial charge in [0.05, 0.1) is 0 Å². The van der Waals surface area contributed by atoms with E-state index in [0.717, 1.165) is 25.3 Å². The monoisotopic (exact) mass is 257 g/mol. The smallest absolute Gasteiger partial charge is 0.168 e. The van der Waals surface area contributed by atoms with E-state index < -0.39 is 11.6 Å². The summed E-state index contributed by atoms with van der Waals surface area (Å²) >= 11 is 0. The van der Waals surface area contributed by atoms with Crippen LogP contribution in [-0.2, 0) is 0 Å². The average Bonchev–Trinajstić information content (AvgIpc) is 2.34. The molecule has 1 rings (SSSR count). The fourth-order valence-electron chi connectivity index (χ4n) is 1.78. The SMILES string of the molecule is CCCC(CC)Nc1nc(NCC)c(F)cc1F. The van der Waals surface area contributed by atoms with Crippen molar-refractivity contribution in [1.82, 2.24) is 4.98 Å². The van der Waals surface area contributed by atoms with Crippen molar-refractivity contribution in [3.8, 4) is 0 Å². The molecule has 1 aromatic heterocycles. The molecular weight excluding hydrogens is 236 g/mol. The highest BCUT2D eigenvalue weighted by Gasteiger charge is 2.14. The summed E-state index contributed by atoms with van der Waals surface area (Å²) in [4.78, 5) is 3.96. The third kappa shape index (κ3) is 3.82. The van der Waals surface area contributed by atoms with Gasteiger partial charge in [-0.25, -0.2) is 13.8 Å². The van der Waals surface area contributed by atoms with Gasteiger partial charge < -0.3 is 10.6 Å². The number of hydrogen-bond donors (Lipinski definition) is 2. The number of anilines is 2. The minimum absolute atomic E-state index is 0.0905. The summed E-state index contributed by atoms with van der Waals surface area (Å²) in [7, 11) is 0. The molecule has 0 amide bonds. The van der Waals surface area contributed by atoms with Crippen LogP contribution in [0.1, 0.15) is 40.0 Å². The summed E-state index contributed by atoms with van der Waals surface area (Å²) in [5, 5.41) is 5.81. The fourth-order valence-corrected chi connectivity index (χ4v) is 1.78. The zero-order valence-electron chi connectivity index (χ0n) is 11.2. The Hall–Kier alpha value is -1.39. The highest BCUT2D eigenvalue weighted by Crippen LogP contribution is 2.20. The van der Waals surface area contributed by atoms with E-state index >= 15 is 0 Å². The van der Waals surface area contributed by atoms with Crippen LogP contribution in [0.3, 0.4) is 0 Å². The molecule has 1 heterocycles. The predicted molar refractivity (Wildman–Crippen MR) is 70.9 cm³/mol. The second-order valence-electron chi connectivity index (χ2n) is 4.22. The van der Waals surface area contributed by atoms with Gasteiger partial charge in [0.15, 0.2) is 23.3 Å². The van der Waals surface area contributed by atoms with Crippen LogP contribution in [0.15, 0.2) is 6.07 Å². The summed E-state index contributed by atoms with van der Waals surface area (Å²) < 4.78 is 27.0. The molecule has 2 N–H and O–H groups in total. The topological polar surface area (TPSA) is 37.0 Å². The molecule has 0 saturated heterocycles. The fraction of sp³-hybridized carbons (Fsp3) is 0.615. The zero-order chi connectivity index (χ0) is 13.5. The Balaban J connectivity index is 2.89. The lowest BCUT2D eigenvalue weighted by Gasteiger charge is -2.18. The lowest BCUT2D eigenvalue weighted by Crippen LogP contribution is -2.20. The van der Waals surface area contributed by atoms with Crippen LogP contribution < -0.4 is 10.6 Å². The van der Waals surface area contributed by atoms with Gasteiger partial charge in [0.1, 0.15) is 0 Å². The lowest BCUT2D eigenvalue weighted by molar-refractivity contribution is 0.567. The largest absolute Gasteiger partial charge is 0.368 e. The molecule has 5 heteroatoms. The Labute approximate surface area is 107 Å². The number of aromatic nitrogens is 1. The van der Waals surface area contributed by atoms with Crippen LogP contribution in [0.4, 0.5) is 20.4 Å². The number of hydrogen-bond acceptors (Lipinski definition) is 3. The second-order valence-corrected chi connectivity index (χ2v) is 4.22. The lowest BCUT2D eigenvalue weighted by atomic mass is 10.1. The standard InChI is InChI=1S/C13H21F2N3/c1-4-7-9(5-2)17-13-11(15)8-10(14)12(18-13)16-6-3/h8-9H,4-7H2,1-3H3,(H2,16,17,18). The number of nitrogens with one attached hydrogen (secondary N) is 2. The maximum Gasteiger partial charge on any atom is 0.168 e. The van der Waals surface area contributed by atoms with E-state index in [0.29, 0.717) is 6.54 Å². The second kappa shape index (κ2) is 7.13. The zero-order valence-corrected chi connectivity index (χ0v) is 11.2. The Kier molecular flexibility index (Phi) is 5.82. The minimum atomic E-state index is -0.663. The van der Waals surface area contributed by atoms with Gasteiger partial charge in [-0.2, -0.15) is 0 Å². The molecule has 0 aliphatic heterocycles. The Bertz CT molecular complexity index is 383. The molecule has 1 unspecified atom stereocenters. The van der Waals surface area contributed by atoms with Gasteiger partial charge in [0, 0.05) is 18.7 Å². The summed E-state index contributed by atoms with van der Waals surface area (Å²) in [5.41, 5.74) is 0. The van der Waals surface area contributed by atoms with Crippen LogP contribution in [0.5, 0.6) is 0 Å². The van der Waals surface area contributed by atoms with Crippen LogP contribution in [0.2, 0.25) is 0 Å². The Morgan fingerprint density at radius 3 is 2.39 bits per heavy atom. The highest BCUT2D eigenvalue weighted by atomic mass is 19.1. The highest BCUT2D eigenvalue weighted by molar-refractivity contribution is 5.47. The molecule has 0 radical (unpaired) electrons. The van der Waals surface area contributed by atoms with E-state index in [2.05, 4.69) is 22.5 Å². The third-order valence-electron chi connectivity index (χ3n) is 2.74. The van der Waals surface area contributed by atoms with E-state index in [1.807, 2.05) is 13.8 Å². The van der Waals surface area contributed by atoms with Crippen LogP contribution in [0.25, 0.3) is 0 Å². The Morgan fingerprint density at radius 1 is 1.17 bits per heavy atom. The van der Waals surface area contributed by atoms with E-state index in [-0.39, 0.29) is 17.7 Å². The first-order valence-corrected chi connectivity index (χ1v) is 6.48. The van der Waals surface area contributed by atoms with Crippen molar-refractivity contribution in [1.29, 1.82) is 0 Å². The van der Waals surface area contributed by atoms with E-state index in [4.69, 9.17) is 0 Å². The molecule has 1 aromatic rings. The minimum Gasteiger partial charge on any atom is -0.368 e. The van der Waals surface area contributed by atoms with Gasteiger partial charge >= 0.3 is 0 Å². The van der Waals surface area contributed by atoms with Gasteiger partial charge in [-0.15, -0.1) is 0 Å². The summed E-state index contributed by atoms with van der Waals surface area (Å²) in [6, 6.07) is 1.03. The normalized spacial score (nSPS) is 12.3. The molecule has 3 nitrogen and oxygen atoms in total. The van der Waals surface area contributed by atoms with E-state index in [1.165, 1.54) is 0 Å². The van der Waals surface area contributed by atoms with E-state index in [1.54, 1.807) is 0 Å². The first-order chi connectivity index (χ1) is 8.62. The first-order valence-electron chi connectivity index (χ1n) is 6.48. The molecule has 102 valence electrons. The summed E-state index contributed by atoms with van der Waals surface area (Å²) in [5.74, 6) is -1.10. The third-order valence-corrected chi connectivity index (χ3v) is 2.74. The molecule has 0 saturated carbocycles. The van der Waals surface area contributed by atoms with Gasteiger partial charge in [0.25, 0.3) is 0 Å². The number of rotatable bonds is 7. The van der Waals surface area contributed by atoms with Crippen molar-refractivity contribution in [2.45, 2.75) is 46.1 Å². The average molecular weight is 257 g/mol. The molecule has 0 aliphatic rings. The van der Waals surface area contributed by atoms with Gasteiger partial charge in [-0.1, -0.05) is 20.3 Å². The van der Waals surface area contributed by atoms with Crippen molar-refractivity contribution in [3.63, 3.8) is 0 Å². The predicted octanol–water partition coefficient (Wildman–Crippen LogP) is 3.78. The molecule has 0 aliphatic carbocycles. The van der Waals surface area contributed by atoms with Gasteiger partial charge in [0.2, 0.25) is 0 Å². The molecular formula is C13H21F2N3. The molecule has 0 aromatic carbocycles. The maximum atomic E-state index is 13.6. The van der Waals surface area contributed by atoms with E-state index in [9.17, 15) is 8.78 Å². The molecule has 1 atom stereocenters. The van der Waals surface area contributed by atoms with Crippen LogP contribution in [0, 0.1) is 11.6 Å². The maximum absolute atomic E-state index is 13.6. The van der Waals surface area contributed by atoms with Crippen LogP contribution >= 0.6 is 0 Å². The summed E-state index contributed by atoms with van der Waals surface area (Å²) in [6.45, 7) is 6.48. The molecule has 18 heavy (non-hydrogen) atoms. The first kappa shape index (κ1) is 14.7. The molecule has 0 fully saturated rings. The van der Waals surface area contributed by atoms with Crippen molar-refractivity contribution >= 4 is 11.6 Å². The quantitative estimate of drug-likeness (QED) is 0.780. The van der Waals surface area contributed by atoms with Crippen molar-refractivity contribution in [2.75, 3.05) is 17.2 Å². The van der Waals surface area contributed by atoms with Crippen molar-refractivity contribution < 1.29 is 8.78 Å². The summed E-state index contributed by atoms with van der Waals surface area (Å²) in [6.07, 6.45) is 2.82.